The van der Waals surface area contributed by atoms with Crippen molar-refractivity contribution < 1.29 is 0 Å². The maximum atomic E-state index is 5.91. The highest BCUT2D eigenvalue weighted by atomic mass is 15.2. The highest BCUT2D eigenvalue weighted by Gasteiger charge is 2.43. The Balaban J connectivity index is 0.582. The first kappa shape index (κ1) is 74.4. The van der Waals surface area contributed by atoms with Crippen LogP contribution in [-0.2, 0) is 0 Å². The van der Waals surface area contributed by atoms with Crippen LogP contribution in [0.3, 0.4) is 0 Å². The Morgan fingerprint density at radius 3 is 1.36 bits per heavy atom. The van der Waals surface area contributed by atoms with Gasteiger partial charge in [-0.2, -0.15) is 0 Å². The van der Waals surface area contributed by atoms with Gasteiger partial charge in [-0.3, -0.25) is 4.99 Å². The third-order valence-electron chi connectivity index (χ3n) is 28.5. The van der Waals surface area contributed by atoms with Crippen LogP contribution in [0.4, 0.5) is 5.69 Å². The summed E-state index contributed by atoms with van der Waals surface area (Å²) < 4.78 is 12.3. The van der Waals surface area contributed by atoms with Gasteiger partial charge in [-0.15, -0.1) is 0 Å². The van der Waals surface area contributed by atoms with Gasteiger partial charge in [0.15, 0.2) is 0 Å². The quantitative estimate of drug-likeness (QED) is 0.110. The Bertz CT molecular complexity index is 8400. The van der Waals surface area contributed by atoms with Crippen molar-refractivity contribution in [2.75, 3.05) is 5.32 Å². The Morgan fingerprint density at radius 1 is 0.372 bits per heavy atom. The van der Waals surface area contributed by atoms with Crippen molar-refractivity contribution in [1.82, 2.24) is 27.7 Å². The number of para-hydroxylation sites is 5. The fraction of sp³-hybridized carbons (Fsp3) is 0.0826. The van der Waals surface area contributed by atoms with Crippen LogP contribution in [-0.4, -0.2) is 33.4 Å². The number of hydrogen-bond donors (Lipinski definition) is 1. The molecule has 4 aliphatic carbocycles. The maximum absolute atomic E-state index is 5.91. The lowest BCUT2D eigenvalue weighted by atomic mass is 9.79. The van der Waals surface area contributed by atoms with E-state index in [0.29, 0.717) is 11.8 Å². The van der Waals surface area contributed by atoms with Crippen LogP contribution >= 0.6 is 0 Å². The molecule has 612 valence electrons. The number of benzene rings is 15. The number of aliphatic imine (C=N–C) groups is 1. The molecule has 26 rings (SSSR count). The number of allylic oxidation sites excluding steroid dienone is 21. The molecular weight excluding hydrogens is 1570 g/mol. The maximum Gasteiger partial charge on any atom is 0.145 e. The summed E-state index contributed by atoms with van der Waals surface area (Å²) >= 11 is 0. The number of nitrogens with zero attached hydrogens (tertiary/aromatic N) is 7. The predicted molar refractivity (Wildman–Crippen MR) is 544 cm³/mol. The molecule has 8 nitrogen and oxygen atoms in total. The number of likely N-dealkylation sites (tertiary alicyclic amines) is 1. The molecule has 20 aromatic rings. The second-order valence-electron chi connectivity index (χ2n) is 35.5. The summed E-state index contributed by atoms with van der Waals surface area (Å²) in [5.41, 5.74) is 37.1. The zero-order chi connectivity index (χ0) is 85.1. The molecule has 1 saturated heterocycles. The molecule has 0 bridgehead atoms. The van der Waals surface area contributed by atoms with Gasteiger partial charge < -0.3 is 33.1 Å². The minimum atomic E-state index is -0.361. The molecule has 7 heterocycles. The van der Waals surface area contributed by atoms with Gasteiger partial charge in [-0.25, -0.2) is 0 Å². The third kappa shape index (κ3) is 11.9. The van der Waals surface area contributed by atoms with Crippen molar-refractivity contribution in [3.05, 3.63) is 453 Å². The highest BCUT2D eigenvalue weighted by Crippen LogP contribution is 2.54. The zero-order valence-electron chi connectivity index (χ0n) is 71.5. The number of fused-ring (bicyclic) bond motifs is 21. The van der Waals surface area contributed by atoms with Crippen molar-refractivity contribution in [1.29, 1.82) is 0 Å². The Hall–Kier alpha value is -16.0. The average molecular weight is 1650 g/mol. The first-order valence-electron chi connectivity index (χ1n) is 45.5. The lowest BCUT2D eigenvalue weighted by Crippen LogP contribution is -2.22. The topological polar surface area (TPSA) is 52.3 Å². The Labute approximate surface area is 747 Å². The van der Waals surface area contributed by atoms with Gasteiger partial charge in [-0.05, 0) is 288 Å². The van der Waals surface area contributed by atoms with E-state index in [1.807, 2.05) is 12.2 Å². The molecule has 0 radical (unpaired) electrons. The summed E-state index contributed by atoms with van der Waals surface area (Å²) in [6.07, 6.45) is 37.1. The van der Waals surface area contributed by atoms with Gasteiger partial charge in [0.1, 0.15) is 6.17 Å². The molecule has 3 unspecified atom stereocenters. The summed E-state index contributed by atoms with van der Waals surface area (Å²) in [6.45, 7) is 6.18. The molecule has 1 N–H and O–H groups in total. The standard InChI is InChI=1S/C121H88N8/c1-3-4-8-25-76(2)124-107-38-21-17-34-94(107)98-68-80(47-60-111(98)124)84-51-64-115-102(72-84)103-73-85(81-48-61-112-99(69-81)95-35-18-22-39-108(95)125(112)88-27-9-5-10-28-88)52-65-116(103)128(115)91-55-42-78(43-56-91)120-119-93-33-16-15-26-77(93)46-59-106(119)122-121(123-120)79-44-57-92(58-45-79)129-117-66-53-86(82-49-62-113-100(70-82)96-36-19-23-40-109(96)126(113)89-29-11-6-12-30-89)74-104(117)105-75-87(54-67-118(105)129)83-50-63-114-101(71-83)97-37-20-24-41-110(97)127(114)90-31-13-7-14-32-90/h3-4,6-9,11-33,35-42,44-55,57-67,69-75,94,98,121-122H,1,5,10,34,43,56,68H2,2H3/b8-4-,76-25+. The lowest BCUT2D eigenvalue weighted by Gasteiger charge is -2.29. The van der Waals surface area contributed by atoms with E-state index in [9.17, 15) is 0 Å². The normalized spacial score (nSPS) is 17.0. The van der Waals surface area contributed by atoms with Crippen LogP contribution in [0.15, 0.2) is 441 Å². The summed E-state index contributed by atoms with van der Waals surface area (Å²) in [5, 5.41) is 18.7. The van der Waals surface area contributed by atoms with Crippen LogP contribution in [0, 0.1) is 11.8 Å². The number of aromatic nitrogens is 5. The first-order chi connectivity index (χ1) is 63.8. The molecule has 2 aliphatic heterocycles. The van der Waals surface area contributed by atoms with E-state index < -0.39 is 0 Å². The van der Waals surface area contributed by atoms with Gasteiger partial charge in [0.25, 0.3) is 0 Å². The number of hydrogen-bond acceptors (Lipinski definition) is 3. The van der Waals surface area contributed by atoms with Gasteiger partial charge in [0.2, 0.25) is 0 Å². The van der Waals surface area contributed by atoms with Crippen molar-refractivity contribution in [3.63, 3.8) is 0 Å². The van der Waals surface area contributed by atoms with E-state index in [-0.39, 0.29) is 6.17 Å². The summed E-state index contributed by atoms with van der Waals surface area (Å²) in [6, 6.07) is 121. The van der Waals surface area contributed by atoms with E-state index in [0.717, 1.165) is 89.1 Å². The molecule has 0 spiro atoms. The first-order valence-corrected chi connectivity index (χ1v) is 45.5. The van der Waals surface area contributed by atoms with Crippen molar-refractivity contribution in [2.24, 2.45) is 16.8 Å². The van der Waals surface area contributed by atoms with Crippen LogP contribution in [0.2, 0.25) is 0 Å². The molecule has 0 amide bonds. The molecule has 8 heteroatoms. The lowest BCUT2D eigenvalue weighted by molar-refractivity contribution is 0.483. The van der Waals surface area contributed by atoms with Crippen molar-refractivity contribution in [3.8, 4) is 50.4 Å². The smallest absolute Gasteiger partial charge is 0.145 e. The van der Waals surface area contributed by atoms with Gasteiger partial charge in [-0.1, -0.05) is 237 Å². The van der Waals surface area contributed by atoms with Gasteiger partial charge in [0.05, 0.1) is 60.9 Å². The molecule has 129 heavy (non-hydrogen) atoms. The fourth-order valence-corrected chi connectivity index (χ4v) is 22.5. The molecule has 0 saturated carbocycles. The largest absolute Gasteiger partial charge is 0.359 e. The van der Waals surface area contributed by atoms with Crippen LogP contribution in [0.1, 0.15) is 68.3 Å². The highest BCUT2D eigenvalue weighted by molar-refractivity contribution is 6.24. The fourth-order valence-electron chi connectivity index (χ4n) is 22.5. The van der Waals surface area contributed by atoms with E-state index in [2.05, 4.69) is 441 Å². The van der Waals surface area contributed by atoms with Crippen molar-refractivity contribution >= 4 is 148 Å². The molecular formula is C121H88N8. The van der Waals surface area contributed by atoms with Gasteiger partial charge >= 0.3 is 0 Å². The van der Waals surface area contributed by atoms with Crippen molar-refractivity contribution in [2.45, 2.75) is 51.6 Å². The molecule has 1 fully saturated rings. The summed E-state index contributed by atoms with van der Waals surface area (Å²) in [4.78, 5) is 8.43. The second kappa shape index (κ2) is 29.8. The van der Waals surface area contributed by atoms with Gasteiger partial charge in [0, 0.05) is 122 Å². The predicted octanol–water partition coefficient (Wildman–Crippen LogP) is 31.4. The minimum Gasteiger partial charge on any atom is -0.359 e. The number of nitrogens with one attached hydrogen (secondary N) is 1. The van der Waals surface area contributed by atoms with E-state index in [1.54, 1.807) is 0 Å². The molecule has 3 atom stereocenters. The zero-order valence-corrected chi connectivity index (χ0v) is 71.5. The second-order valence-corrected chi connectivity index (χ2v) is 35.5. The summed E-state index contributed by atoms with van der Waals surface area (Å²) in [7, 11) is 0. The summed E-state index contributed by atoms with van der Waals surface area (Å²) in [5.74, 6) is 0.765. The molecule has 15 aromatic carbocycles. The third-order valence-corrected chi connectivity index (χ3v) is 28.5. The van der Waals surface area contributed by atoms with E-state index >= 15 is 0 Å². The SMILES string of the molecule is C=C/C=C\C=C(/C)N1C2=CC=CCC2C2CC(c3ccc4c(c3)c3cc(-c5ccc6c(c5)c5ccccc5n6C5=CCCC=C5)ccc3n4C3=CC=C(C4=NC(c5ccc(-n6c7ccc(-c8ccc9c(c8)c8ccccc8n9-c8ccccc8)cc7c7cc(-c8ccc9c(c8)c8ccccc8n9-c8ccccc8)ccc76)cc5)Nc5ccc6ccccc6c54)CC3)=CC=C21. The van der Waals surface area contributed by atoms with Crippen LogP contribution < -0.4 is 5.32 Å². The number of anilines is 1. The van der Waals surface area contributed by atoms with E-state index in [4.69, 9.17) is 4.99 Å². The number of rotatable bonds is 14. The van der Waals surface area contributed by atoms with Crippen LogP contribution in [0.25, 0.3) is 187 Å². The minimum absolute atomic E-state index is 0.359. The van der Waals surface area contributed by atoms with E-state index in [1.165, 1.54) is 187 Å². The Morgan fingerprint density at radius 2 is 0.829 bits per heavy atom. The average Bonchev–Trinajstić information content (AvgIpc) is 1.47. The monoisotopic (exact) mass is 1650 g/mol. The molecule has 5 aromatic heterocycles. The Kier molecular flexibility index (Phi) is 17.2. The van der Waals surface area contributed by atoms with Crippen LogP contribution in [0.5, 0.6) is 0 Å². The molecule has 6 aliphatic rings.